The molecule has 0 fully saturated rings. The van der Waals surface area contributed by atoms with Crippen LogP contribution in [0.25, 0.3) is 32.7 Å². The van der Waals surface area contributed by atoms with Crippen LogP contribution in [-0.2, 0) is 0 Å². The summed E-state index contributed by atoms with van der Waals surface area (Å²) < 4.78 is 1.21. The summed E-state index contributed by atoms with van der Waals surface area (Å²) in [4.78, 5) is 4.38. The van der Waals surface area contributed by atoms with Crippen LogP contribution in [0.5, 0.6) is 0 Å². The van der Waals surface area contributed by atoms with Crippen LogP contribution >= 0.6 is 0 Å². The second-order valence-electron chi connectivity index (χ2n) is 4.36. The lowest BCUT2D eigenvalue weighted by Gasteiger charge is -1.99. The van der Waals surface area contributed by atoms with Gasteiger partial charge in [-0.25, -0.2) is 0 Å². The van der Waals surface area contributed by atoms with Gasteiger partial charge in [-0.2, -0.15) is 4.73 Å². The Labute approximate surface area is 103 Å². The van der Waals surface area contributed by atoms with Crippen LogP contribution in [0, 0.1) is 0 Å². The second kappa shape index (κ2) is 3.23. The summed E-state index contributed by atoms with van der Waals surface area (Å²) in [5.74, 6) is 0. The predicted molar refractivity (Wildman–Crippen MR) is 71.9 cm³/mol. The van der Waals surface area contributed by atoms with Crippen LogP contribution in [0.4, 0.5) is 0 Å². The Hall–Kier alpha value is -2.55. The van der Waals surface area contributed by atoms with Crippen LogP contribution < -0.4 is 0 Å². The van der Waals surface area contributed by atoms with Crippen molar-refractivity contribution < 1.29 is 5.21 Å². The first-order chi connectivity index (χ1) is 8.86. The molecule has 0 atom stereocenters. The molecule has 4 aromatic rings. The number of para-hydroxylation sites is 2. The van der Waals surface area contributed by atoms with Crippen LogP contribution in [0.2, 0.25) is 0 Å². The molecule has 0 saturated carbocycles. The third-order valence-corrected chi connectivity index (χ3v) is 3.39. The van der Waals surface area contributed by atoms with Crippen molar-refractivity contribution in [3.63, 3.8) is 0 Å². The highest BCUT2D eigenvalue weighted by atomic mass is 16.5. The number of fused-ring (bicyclic) bond motifs is 5. The van der Waals surface area contributed by atoms with E-state index < -0.39 is 0 Å². The zero-order valence-electron chi connectivity index (χ0n) is 9.54. The van der Waals surface area contributed by atoms with Crippen molar-refractivity contribution in [1.82, 2.24) is 9.71 Å². The highest BCUT2D eigenvalue weighted by Crippen LogP contribution is 2.32. The number of nitrogens with zero attached hydrogens (tertiary/aromatic N) is 2. The quantitative estimate of drug-likeness (QED) is 0.472. The minimum atomic E-state index is 0.745. The second-order valence-corrected chi connectivity index (χ2v) is 4.36. The van der Waals surface area contributed by atoms with E-state index in [9.17, 15) is 5.21 Å². The first-order valence-electron chi connectivity index (χ1n) is 5.82. The molecule has 86 valence electrons. The summed E-state index contributed by atoms with van der Waals surface area (Å²) in [5, 5.41) is 13.4. The average Bonchev–Trinajstić information content (AvgIpc) is 2.73. The maximum atomic E-state index is 10.2. The zero-order valence-corrected chi connectivity index (χ0v) is 9.54. The van der Waals surface area contributed by atoms with Crippen LogP contribution in [0.3, 0.4) is 0 Å². The van der Waals surface area contributed by atoms with E-state index in [1.165, 1.54) is 4.73 Å². The minimum Gasteiger partial charge on any atom is -0.428 e. The lowest BCUT2D eigenvalue weighted by molar-refractivity contribution is 0.212. The SMILES string of the molecule is On1c2ccccc2c2c3ccccc3ncc21. The normalized spacial score (nSPS) is 11.6. The van der Waals surface area contributed by atoms with Gasteiger partial charge in [0.05, 0.1) is 17.2 Å². The summed E-state index contributed by atoms with van der Waals surface area (Å²) in [6.07, 6.45) is 1.72. The molecule has 0 amide bonds. The van der Waals surface area contributed by atoms with Gasteiger partial charge in [-0.05, 0) is 12.1 Å². The van der Waals surface area contributed by atoms with Gasteiger partial charge in [0.1, 0.15) is 5.52 Å². The maximum Gasteiger partial charge on any atom is 0.107 e. The van der Waals surface area contributed by atoms with Crippen LogP contribution in [-0.4, -0.2) is 14.9 Å². The highest BCUT2D eigenvalue weighted by molar-refractivity contribution is 6.19. The Morgan fingerprint density at radius 1 is 0.833 bits per heavy atom. The summed E-state index contributed by atoms with van der Waals surface area (Å²) in [7, 11) is 0. The lowest BCUT2D eigenvalue weighted by Crippen LogP contribution is -1.89. The van der Waals surface area contributed by atoms with E-state index in [-0.39, 0.29) is 0 Å². The largest absolute Gasteiger partial charge is 0.428 e. The molecule has 2 aromatic heterocycles. The maximum absolute atomic E-state index is 10.2. The monoisotopic (exact) mass is 234 g/mol. The van der Waals surface area contributed by atoms with E-state index in [0.29, 0.717) is 0 Å². The predicted octanol–water partition coefficient (Wildman–Crippen LogP) is 3.58. The molecule has 3 nitrogen and oxygen atoms in total. The molecule has 2 aromatic carbocycles. The van der Waals surface area contributed by atoms with E-state index in [1.807, 2.05) is 48.5 Å². The van der Waals surface area contributed by atoms with Gasteiger partial charge in [-0.15, -0.1) is 0 Å². The van der Waals surface area contributed by atoms with E-state index >= 15 is 0 Å². The topological polar surface area (TPSA) is 38.0 Å². The summed E-state index contributed by atoms with van der Waals surface area (Å²) >= 11 is 0. The Morgan fingerprint density at radius 3 is 2.44 bits per heavy atom. The van der Waals surface area contributed by atoms with E-state index in [2.05, 4.69) is 4.98 Å². The number of rotatable bonds is 0. The van der Waals surface area contributed by atoms with Gasteiger partial charge in [-0.1, -0.05) is 36.4 Å². The van der Waals surface area contributed by atoms with Crippen molar-refractivity contribution in [3.8, 4) is 0 Å². The molecule has 0 spiro atoms. The molecular weight excluding hydrogens is 224 g/mol. The van der Waals surface area contributed by atoms with Crippen molar-refractivity contribution in [3.05, 3.63) is 54.7 Å². The Bertz CT molecular complexity index is 893. The van der Waals surface area contributed by atoms with Gasteiger partial charge in [0.2, 0.25) is 0 Å². The van der Waals surface area contributed by atoms with E-state index in [4.69, 9.17) is 0 Å². The van der Waals surface area contributed by atoms with Crippen LogP contribution in [0.15, 0.2) is 54.7 Å². The van der Waals surface area contributed by atoms with Crippen molar-refractivity contribution >= 4 is 32.7 Å². The molecule has 0 aliphatic heterocycles. The van der Waals surface area contributed by atoms with Gasteiger partial charge < -0.3 is 5.21 Å². The van der Waals surface area contributed by atoms with Gasteiger partial charge >= 0.3 is 0 Å². The van der Waals surface area contributed by atoms with E-state index in [0.717, 1.165) is 32.7 Å². The third kappa shape index (κ3) is 1.06. The smallest absolute Gasteiger partial charge is 0.107 e. The molecule has 4 rings (SSSR count). The minimum absolute atomic E-state index is 0.745. The first kappa shape index (κ1) is 9.48. The number of benzene rings is 2. The number of pyridine rings is 1. The molecule has 0 unspecified atom stereocenters. The Balaban J connectivity index is 2.41. The molecule has 0 saturated heterocycles. The molecule has 18 heavy (non-hydrogen) atoms. The fourth-order valence-corrected chi connectivity index (χ4v) is 2.57. The Morgan fingerprint density at radius 2 is 1.56 bits per heavy atom. The molecular formula is C15H10N2O. The highest BCUT2D eigenvalue weighted by Gasteiger charge is 2.12. The van der Waals surface area contributed by atoms with E-state index in [1.54, 1.807) is 6.20 Å². The number of hydrogen-bond acceptors (Lipinski definition) is 2. The van der Waals surface area contributed by atoms with Crippen molar-refractivity contribution in [2.75, 3.05) is 0 Å². The molecule has 0 aliphatic carbocycles. The standard InChI is InChI=1S/C15H10N2O/c18-17-13-8-4-2-6-11(13)15-10-5-1-3-7-12(10)16-9-14(15)17/h1-9,18H. The third-order valence-electron chi connectivity index (χ3n) is 3.39. The molecule has 2 heterocycles. The summed E-state index contributed by atoms with van der Waals surface area (Å²) in [5.41, 5.74) is 2.50. The summed E-state index contributed by atoms with van der Waals surface area (Å²) in [6, 6.07) is 15.8. The van der Waals surface area contributed by atoms with Gasteiger partial charge in [0.25, 0.3) is 0 Å². The number of hydrogen-bond donors (Lipinski definition) is 1. The van der Waals surface area contributed by atoms with Crippen molar-refractivity contribution in [1.29, 1.82) is 0 Å². The molecule has 1 N–H and O–H groups in total. The summed E-state index contributed by atoms with van der Waals surface area (Å²) in [6.45, 7) is 0. The van der Waals surface area contributed by atoms with Gasteiger partial charge in [0, 0.05) is 16.2 Å². The zero-order chi connectivity index (χ0) is 12.1. The molecule has 3 heteroatoms. The van der Waals surface area contributed by atoms with Crippen molar-refractivity contribution in [2.24, 2.45) is 0 Å². The molecule has 0 bridgehead atoms. The number of aromatic nitrogens is 2. The molecule has 0 aliphatic rings. The van der Waals surface area contributed by atoms with Crippen molar-refractivity contribution in [2.45, 2.75) is 0 Å². The lowest BCUT2D eigenvalue weighted by atomic mass is 10.1. The Kier molecular flexibility index (Phi) is 1.70. The van der Waals surface area contributed by atoms with Crippen LogP contribution in [0.1, 0.15) is 0 Å². The van der Waals surface area contributed by atoms with Gasteiger partial charge in [0.15, 0.2) is 0 Å². The fraction of sp³-hybridized carbons (Fsp3) is 0. The average molecular weight is 234 g/mol. The van der Waals surface area contributed by atoms with Gasteiger partial charge in [-0.3, -0.25) is 4.98 Å². The first-order valence-corrected chi connectivity index (χ1v) is 5.82. The fourth-order valence-electron chi connectivity index (χ4n) is 2.57. The molecule has 0 radical (unpaired) electrons.